The Kier molecular flexibility index (Phi) is 9.87. The molecule has 0 heterocycles. The molecule has 1 rings (SSSR count). The van der Waals surface area contributed by atoms with Crippen molar-refractivity contribution in [3.05, 3.63) is 0 Å². The normalized spacial score (nSPS) is 15.5. The van der Waals surface area contributed by atoms with Crippen LogP contribution in [0.3, 0.4) is 0 Å². The summed E-state index contributed by atoms with van der Waals surface area (Å²) in [4.78, 5) is 25.6. The topological polar surface area (TPSA) is 55.8 Å². The molecule has 1 aliphatic rings. The van der Waals surface area contributed by atoms with E-state index < -0.39 is 0 Å². The Bertz CT molecular complexity index is 327. The van der Waals surface area contributed by atoms with E-state index in [1.54, 1.807) is 18.9 Å². The van der Waals surface area contributed by atoms with Crippen LogP contribution in [-0.4, -0.2) is 50.2 Å². The number of carbonyl (C=O) groups is 2. The highest BCUT2D eigenvalue weighted by molar-refractivity contribution is 5.77. The highest BCUT2D eigenvalue weighted by Gasteiger charge is 2.19. The van der Waals surface area contributed by atoms with E-state index in [4.69, 9.17) is 9.47 Å². The fourth-order valence-corrected chi connectivity index (χ4v) is 2.98. The van der Waals surface area contributed by atoms with E-state index in [1.807, 2.05) is 0 Å². The molecule has 5 nitrogen and oxygen atoms in total. The molecular weight excluding hydrogens is 282 g/mol. The Balaban J connectivity index is 2.35. The molecule has 0 bridgehead atoms. The number of rotatable bonds is 10. The summed E-state index contributed by atoms with van der Waals surface area (Å²) in [5, 5.41) is 0. The predicted molar refractivity (Wildman–Crippen MR) is 85.5 cm³/mol. The molecule has 0 spiro atoms. The monoisotopic (exact) mass is 313 g/mol. The maximum atomic E-state index is 12.4. The van der Waals surface area contributed by atoms with Crippen molar-refractivity contribution in [2.45, 2.75) is 58.3 Å². The first-order chi connectivity index (χ1) is 10.7. The van der Waals surface area contributed by atoms with Crippen LogP contribution in [0.15, 0.2) is 0 Å². The van der Waals surface area contributed by atoms with E-state index in [2.05, 4.69) is 0 Å². The lowest BCUT2D eigenvalue weighted by Gasteiger charge is -2.25. The SMILES string of the molecule is CCOC(=O)CCN(CCOC)C(=O)CCC1CCCCC1. The Labute approximate surface area is 134 Å². The van der Waals surface area contributed by atoms with Gasteiger partial charge in [0.2, 0.25) is 5.91 Å². The van der Waals surface area contributed by atoms with Crippen molar-refractivity contribution in [3.8, 4) is 0 Å². The van der Waals surface area contributed by atoms with E-state index in [1.165, 1.54) is 32.1 Å². The summed E-state index contributed by atoms with van der Waals surface area (Å²) in [5.41, 5.74) is 0. The summed E-state index contributed by atoms with van der Waals surface area (Å²) in [7, 11) is 1.62. The third-order valence-corrected chi connectivity index (χ3v) is 4.30. The van der Waals surface area contributed by atoms with Crippen molar-refractivity contribution in [1.82, 2.24) is 4.90 Å². The molecule has 0 aliphatic heterocycles. The Morgan fingerprint density at radius 2 is 1.82 bits per heavy atom. The molecule has 0 aromatic heterocycles. The van der Waals surface area contributed by atoms with Crippen LogP contribution in [0.1, 0.15) is 58.3 Å². The van der Waals surface area contributed by atoms with Crippen molar-refractivity contribution >= 4 is 11.9 Å². The smallest absolute Gasteiger partial charge is 0.307 e. The first-order valence-electron chi connectivity index (χ1n) is 8.59. The number of nitrogens with zero attached hydrogens (tertiary/aromatic N) is 1. The van der Waals surface area contributed by atoms with Gasteiger partial charge in [0.25, 0.3) is 0 Å². The van der Waals surface area contributed by atoms with Gasteiger partial charge in [-0.25, -0.2) is 0 Å². The zero-order valence-electron chi connectivity index (χ0n) is 14.1. The lowest BCUT2D eigenvalue weighted by Crippen LogP contribution is -2.36. The number of esters is 1. The summed E-state index contributed by atoms with van der Waals surface area (Å²) < 4.78 is 9.98. The van der Waals surface area contributed by atoms with E-state index in [0.29, 0.717) is 38.6 Å². The third kappa shape index (κ3) is 7.78. The van der Waals surface area contributed by atoms with Crippen LogP contribution in [-0.2, 0) is 19.1 Å². The van der Waals surface area contributed by atoms with Gasteiger partial charge in [0.1, 0.15) is 0 Å². The lowest BCUT2D eigenvalue weighted by molar-refractivity contribution is -0.144. The van der Waals surface area contributed by atoms with E-state index >= 15 is 0 Å². The molecular formula is C17H31NO4. The van der Waals surface area contributed by atoms with E-state index in [9.17, 15) is 9.59 Å². The van der Waals surface area contributed by atoms with Crippen molar-refractivity contribution < 1.29 is 19.1 Å². The van der Waals surface area contributed by atoms with Gasteiger partial charge in [0, 0.05) is 26.6 Å². The first kappa shape index (κ1) is 18.9. The number of carbonyl (C=O) groups excluding carboxylic acids is 2. The fourth-order valence-electron chi connectivity index (χ4n) is 2.98. The third-order valence-electron chi connectivity index (χ3n) is 4.30. The van der Waals surface area contributed by atoms with Gasteiger partial charge < -0.3 is 14.4 Å². The van der Waals surface area contributed by atoms with Crippen molar-refractivity contribution in [2.75, 3.05) is 33.4 Å². The van der Waals surface area contributed by atoms with Gasteiger partial charge in [-0.15, -0.1) is 0 Å². The molecule has 0 saturated heterocycles. The summed E-state index contributed by atoms with van der Waals surface area (Å²) in [6.45, 7) is 3.63. The molecule has 0 N–H and O–H groups in total. The molecule has 0 aromatic carbocycles. The zero-order valence-corrected chi connectivity index (χ0v) is 14.1. The largest absolute Gasteiger partial charge is 0.466 e. The Morgan fingerprint density at radius 3 is 2.45 bits per heavy atom. The van der Waals surface area contributed by atoms with Crippen molar-refractivity contribution in [1.29, 1.82) is 0 Å². The molecule has 22 heavy (non-hydrogen) atoms. The highest BCUT2D eigenvalue weighted by atomic mass is 16.5. The van der Waals surface area contributed by atoms with Crippen molar-refractivity contribution in [2.24, 2.45) is 5.92 Å². The molecule has 128 valence electrons. The summed E-state index contributed by atoms with van der Waals surface area (Å²) in [6.07, 6.45) is 8.27. The van der Waals surface area contributed by atoms with Crippen LogP contribution in [0.2, 0.25) is 0 Å². The van der Waals surface area contributed by atoms with Crippen LogP contribution in [0.25, 0.3) is 0 Å². The molecule has 0 atom stereocenters. The minimum Gasteiger partial charge on any atom is -0.466 e. The molecule has 0 unspecified atom stereocenters. The molecule has 0 radical (unpaired) electrons. The van der Waals surface area contributed by atoms with Gasteiger partial charge in [-0.1, -0.05) is 32.1 Å². The maximum Gasteiger partial charge on any atom is 0.307 e. The summed E-state index contributed by atoms with van der Waals surface area (Å²) >= 11 is 0. The molecule has 1 aliphatic carbocycles. The van der Waals surface area contributed by atoms with Crippen LogP contribution in [0.4, 0.5) is 0 Å². The number of methoxy groups -OCH3 is 1. The second kappa shape index (κ2) is 11.5. The van der Waals surface area contributed by atoms with Gasteiger partial charge in [-0.2, -0.15) is 0 Å². The number of hydrogen-bond acceptors (Lipinski definition) is 4. The van der Waals surface area contributed by atoms with Crippen LogP contribution >= 0.6 is 0 Å². The Hall–Kier alpha value is -1.10. The zero-order chi connectivity index (χ0) is 16.2. The minimum atomic E-state index is -0.245. The molecule has 1 fully saturated rings. The van der Waals surface area contributed by atoms with Crippen molar-refractivity contribution in [3.63, 3.8) is 0 Å². The van der Waals surface area contributed by atoms with Gasteiger partial charge in [0.05, 0.1) is 19.6 Å². The van der Waals surface area contributed by atoms with Crippen LogP contribution in [0.5, 0.6) is 0 Å². The molecule has 1 amide bonds. The lowest BCUT2D eigenvalue weighted by atomic mass is 9.86. The van der Waals surface area contributed by atoms with E-state index in [-0.39, 0.29) is 18.3 Å². The fraction of sp³-hybridized carbons (Fsp3) is 0.882. The number of ether oxygens (including phenoxy) is 2. The quantitative estimate of drug-likeness (QED) is 0.582. The Morgan fingerprint density at radius 1 is 1.09 bits per heavy atom. The van der Waals surface area contributed by atoms with E-state index in [0.717, 1.165) is 6.42 Å². The highest BCUT2D eigenvalue weighted by Crippen LogP contribution is 2.27. The molecule has 0 aromatic rings. The second-order valence-electron chi connectivity index (χ2n) is 5.97. The minimum absolute atomic E-state index is 0.131. The average Bonchev–Trinajstić information content (AvgIpc) is 2.54. The van der Waals surface area contributed by atoms with Crippen LogP contribution < -0.4 is 0 Å². The molecule has 1 saturated carbocycles. The van der Waals surface area contributed by atoms with Gasteiger partial charge in [-0.05, 0) is 19.3 Å². The van der Waals surface area contributed by atoms with Gasteiger partial charge in [-0.3, -0.25) is 9.59 Å². The average molecular weight is 313 g/mol. The standard InChI is InChI=1S/C17H31NO4/c1-3-22-17(20)11-12-18(13-14-21-2)16(19)10-9-15-7-5-4-6-8-15/h15H,3-14H2,1-2H3. The van der Waals surface area contributed by atoms with Gasteiger partial charge in [0.15, 0.2) is 0 Å². The van der Waals surface area contributed by atoms with Crippen LogP contribution in [0, 0.1) is 5.92 Å². The predicted octanol–water partition coefficient (Wildman–Crippen LogP) is 2.78. The second-order valence-corrected chi connectivity index (χ2v) is 5.97. The van der Waals surface area contributed by atoms with Gasteiger partial charge >= 0.3 is 5.97 Å². The summed E-state index contributed by atoms with van der Waals surface area (Å²) in [6, 6.07) is 0. The maximum absolute atomic E-state index is 12.4. The summed E-state index contributed by atoms with van der Waals surface area (Å²) in [5.74, 6) is 0.587. The number of hydrogen-bond donors (Lipinski definition) is 0. The number of amides is 1. The molecule has 5 heteroatoms. The first-order valence-corrected chi connectivity index (χ1v) is 8.59.